The van der Waals surface area contributed by atoms with E-state index in [9.17, 15) is 4.21 Å². The topological polar surface area (TPSA) is 52.6 Å². The summed E-state index contributed by atoms with van der Waals surface area (Å²) in [7, 11) is 0. The molecule has 1 saturated heterocycles. The maximum atomic E-state index is 10.5. The van der Waals surface area contributed by atoms with Crippen molar-refractivity contribution in [1.29, 1.82) is 0 Å². The van der Waals surface area contributed by atoms with Gasteiger partial charge in [-0.05, 0) is 19.4 Å². The third-order valence-corrected chi connectivity index (χ3v) is 2.27. The second kappa shape index (κ2) is 4.02. The molecule has 0 radical (unpaired) electrons. The molecule has 1 aliphatic heterocycles. The molecule has 0 aromatic heterocycles. The molecule has 5 heteroatoms. The van der Waals surface area contributed by atoms with Gasteiger partial charge in [-0.25, -0.2) is 4.21 Å². The maximum Gasteiger partial charge on any atom is 0.235 e. The van der Waals surface area contributed by atoms with E-state index in [1.807, 2.05) is 0 Å². The van der Waals surface area contributed by atoms with Crippen molar-refractivity contribution < 1.29 is 8.76 Å². The van der Waals surface area contributed by atoms with Crippen LogP contribution in [0.15, 0.2) is 0 Å². The van der Waals surface area contributed by atoms with Crippen LogP contribution in [0, 0.1) is 0 Å². The van der Waals surface area contributed by atoms with Crippen molar-refractivity contribution in [2.75, 3.05) is 19.8 Å². The highest BCUT2D eigenvalue weighted by Gasteiger charge is 2.11. The fourth-order valence-electron chi connectivity index (χ4n) is 0.954. The molecule has 1 aliphatic rings. The van der Waals surface area contributed by atoms with Crippen LogP contribution in [0.25, 0.3) is 0 Å². The van der Waals surface area contributed by atoms with E-state index < -0.39 is 11.3 Å². The lowest BCUT2D eigenvalue weighted by Crippen LogP contribution is -2.33. The molecule has 0 aromatic carbocycles. The zero-order valence-corrected chi connectivity index (χ0v) is 6.56. The van der Waals surface area contributed by atoms with Crippen LogP contribution < -0.4 is 5.32 Å². The van der Waals surface area contributed by atoms with Gasteiger partial charge in [-0.15, -0.1) is 0 Å². The summed E-state index contributed by atoms with van der Waals surface area (Å²) in [4.78, 5) is 0. The summed E-state index contributed by atoms with van der Waals surface area (Å²) in [6.07, 6.45) is 2.09. The Balaban J connectivity index is 2.35. The highest BCUT2D eigenvalue weighted by molar-refractivity contribution is 7.76. The Morgan fingerprint density at radius 3 is 3.00 bits per heavy atom. The van der Waals surface area contributed by atoms with E-state index in [0.29, 0.717) is 6.67 Å². The third-order valence-electron chi connectivity index (χ3n) is 1.52. The molecule has 0 spiro atoms. The van der Waals surface area contributed by atoms with E-state index in [2.05, 4.69) is 5.32 Å². The van der Waals surface area contributed by atoms with Gasteiger partial charge >= 0.3 is 0 Å². The standard InChI is InChI=1S/C5H12N2O2S/c8-10(9)7-4-2-1-3-6-5-7/h6H,1-5H2,(H,8,9). The van der Waals surface area contributed by atoms with Crippen molar-refractivity contribution >= 4 is 11.3 Å². The zero-order valence-electron chi connectivity index (χ0n) is 5.75. The van der Waals surface area contributed by atoms with Crippen LogP contribution in [-0.2, 0) is 11.3 Å². The number of nitrogens with one attached hydrogen (secondary N) is 1. The smallest absolute Gasteiger partial charge is 0.235 e. The third kappa shape index (κ3) is 2.34. The molecule has 2 N–H and O–H groups in total. The first-order chi connectivity index (χ1) is 4.80. The quantitative estimate of drug-likeness (QED) is 0.526. The fourth-order valence-corrected chi connectivity index (χ4v) is 1.44. The summed E-state index contributed by atoms with van der Waals surface area (Å²) >= 11 is -1.79. The second-order valence-corrected chi connectivity index (χ2v) is 3.28. The summed E-state index contributed by atoms with van der Waals surface area (Å²) in [6.45, 7) is 2.20. The Morgan fingerprint density at radius 2 is 2.30 bits per heavy atom. The van der Waals surface area contributed by atoms with Crippen LogP contribution in [0.3, 0.4) is 0 Å². The van der Waals surface area contributed by atoms with Gasteiger partial charge in [0.2, 0.25) is 11.3 Å². The maximum absolute atomic E-state index is 10.5. The molecule has 1 atom stereocenters. The molecule has 0 aliphatic carbocycles. The Hall–Kier alpha value is 0.0300. The Morgan fingerprint density at radius 1 is 1.50 bits per heavy atom. The summed E-state index contributed by atoms with van der Waals surface area (Å²) in [5, 5.41) is 3.05. The highest BCUT2D eigenvalue weighted by Crippen LogP contribution is 1.99. The molecule has 4 nitrogen and oxygen atoms in total. The molecule has 1 rings (SSSR count). The first-order valence-electron chi connectivity index (χ1n) is 3.37. The van der Waals surface area contributed by atoms with Crippen molar-refractivity contribution in [2.45, 2.75) is 12.8 Å². The van der Waals surface area contributed by atoms with Crippen molar-refractivity contribution in [2.24, 2.45) is 0 Å². The van der Waals surface area contributed by atoms with Gasteiger partial charge in [0, 0.05) is 6.54 Å². The molecule has 1 fully saturated rings. The zero-order chi connectivity index (χ0) is 7.40. The van der Waals surface area contributed by atoms with E-state index in [1.165, 1.54) is 4.31 Å². The molecular weight excluding hydrogens is 152 g/mol. The number of hydrogen-bond donors (Lipinski definition) is 2. The monoisotopic (exact) mass is 164 g/mol. The van der Waals surface area contributed by atoms with Crippen LogP contribution in [0.5, 0.6) is 0 Å². The Kier molecular flexibility index (Phi) is 3.27. The van der Waals surface area contributed by atoms with Gasteiger partial charge in [0.05, 0.1) is 6.67 Å². The van der Waals surface area contributed by atoms with Crippen molar-refractivity contribution in [3.05, 3.63) is 0 Å². The molecule has 0 saturated carbocycles. The fraction of sp³-hybridized carbons (Fsp3) is 1.00. The van der Waals surface area contributed by atoms with Crippen LogP contribution in [0.1, 0.15) is 12.8 Å². The minimum absolute atomic E-state index is 0.531. The van der Waals surface area contributed by atoms with E-state index in [1.54, 1.807) is 0 Å². The molecule has 1 heterocycles. The lowest BCUT2D eigenvalue weighted by molar-refractivity contribution is 0.393. The van der Waals surface area contributed by atoms with Crippen molar-refractivity contribution in [3.63, 3.8) is 0 Å². The molecule has 0 amide bonds. The lowest BCUT2D eigenvalue weighted by atomic mass is 10.3. The van der Waals surface area contributed by atoms with Gasteiger partial charge in [0.25, 0.3) is 0 Å². The van der Waals surface area contributed by atoms with Crippen LogP contribution in [-0.4, -0.2) is 32.8 Å². The predicted octanol–water partition coefficient (Wildman–Crippen LogP) is -0.234. The van der Waals surface area contributed by atoms with Crippen molar-refractivity contribution in [3.8, 4) is 0 Å². The molecule has 1 unspecified atom stereocenters. The van der Waals surface area contributed by atoms with Crippen LogP contribution in [0.2, 0.25) is 0 Å². The lowest BCUT2D eigenvalue weighted by Gasteiger charge is -2.12. The Bertz CT molecular complexity index is 123. The largest absolute Gasteiger partial charge is 0.303 e. The normalized spacial score (nSPS) is 25.7. The van der Waals surface area contributed by atoms with E-state index >= 15 is 0 Å². The summed E-state index contributed by atoms with van der Waals surface area (Å²) in [5.74, 6) is 0. The first kappa shape index (κ1) is 8.13. The van der Waals surface area contributed by atoms with Crippen LogP contribution in [0.4, 0.5) is 0 Å². The number of nitrogens with zero attached hydrogens (tertiary/aromatic N) is 1. The average molecular weight is 164 g/mol. The van der Waals surface area contributed by atoms with Crippen molar-refractivity contribution in [1.82, 2.24) is 9.62 Å². The molecular formula is C5H12N2O2S. The first-order valence-corrected chi connectivity index (χ1v) is 4.44. The van der Waals surface area contributed by atoms with Gasteiger partial charge in [0.15, 0.2) is 0 Å². The van der Waals surface area contributed by atoms with E-state index in [-0.39, 0.29) is 0 Å². The summed E-state index contributed by atoms with van der Waals surface area (Å²) in [6, 6.07) is 0. The predicted molar refractivity (Wildman–Crippen MR) is 39.6 cm³/mol. The molecule has 60 valence electrons. The molecule has 0 bridgehead atoms. The average Bonchev–Trinajstić information content (AvgIpc) is 2.12. The minimum Gasteiger partial charge on any atom is -0.303 e. The van der Waals surface area contributed by atoms with Gasteiger partial charge in [-0.3, -0.25) is 4.55 Å². The van der Waals surface area contributed by atoms with Gasteiger partial charge in [-0.1, -0.05) is 0 Å². The molecule has 0 aromatic rings. The second-order valence-electron chi connectivity index (χ2n) is 2.30. The number of rotatable bonds is 1. The van der Waals surface area contributed by atoms with Gasteiger partial charge in [-0.2, -0.15) is 4.31 Å². The molecule has 10 heavy (non-hydrogen) atoms. The van der Waals surface area contributed by atoms with E-state index in [0.717, 1.165) is 25.9 Å². The highest BCUT2D eigenvalue weighted by atomic mass is 32.2. The summed E-state index contributed by atoms with van der Waals surface area (Å²) in [5.41, 5.74) is 0. The minimum atomic E-state index is -1.79. The van der Waals surface area contributed by atoms with Gasteiger partial charge < -0.3 is 5.32 Å². The SMILES string of the molecule is O=S(O)N1CCCCNC1. The van der Waals surface area contributed by atoms with Gasteiger partial charge in [0.1, 0.15) is 0 Å². The Labute approximate surface area is 63.0 Å². The van der Waals surface area contributed by atoms with Crippen LogP contribution >= 0.6 is 0 Å². The summed E-state index contributed by atoms with van der Waals surface area (Å²) < 4.78 is 20.7. The number of hydrogen-bond acceptors (Lipinski definition) is 2. The van der Waals surface area contributed by atoms with E-state index in [4.69, 9.17) is 4.55 Å².